The maximum Gasteiger partial charge on any atom is 0.410 e. The number of pyridine rings is 1. The zero-order valence-corrected chi connectivity index (χ0v) is 19.5. The molecule has 2 aliphatic rings. The number of hydrogen-bond donors (Lipinski definition) is 1. The Kier molecular flexibility index (Phi) is 8.10. The van der Waals surface area contributed by atoms with Crippen LogP contribution < -0.4 is 5.32 Å². The zero-order valence-electron chi connectivity index (χ0n) is 19.5. The van der Waals surface area contributed by atoms with E-state index in [1.54, 1.807) is 30.2 Å². The average Bonchev–Trinajstić information content (AvgIpc) is 3.32. The van der Waals surface area contributed by atoms with Gasteiger partial charge in [-0.1, -0.05) is 39.0 Å². The number of morpholine rings is 1. The predicted molar refractivity (Wildman–Crippen MR) is 122 cm³/mol. The molecule has 0 spiro atoms. The number of Topliss-reactive ketones (excluding diaryl/α,β-unsaturated/α-hetero) is 1. The van der Waals surface area contributed by atoms with Crippen molar-refractivity contribution >= 4 is 29.0 Å². The van der Waals surface area contributed by atoms with Crippen LogP contribution in [0.25, 0.3) is 11.2 Å². The van der Waals surface area contributed by atoms with Gasteiger partial charge in [-0.05, 0) is 30.9 Å². The summed E-state index contributed by atoms with van der Waals surface area (Å²) in [6.45, 7) is 3.54. The largest absolute Gasteiger partial charge is 0.436 e. The lowest BCUT2D eigenvalue weighted by Gasteiger charge is -2.30. The lowest BCUT2D eigenvalue weighted by Crippen LogP contribution is -2.49. The van der Waals surface area contributed by atoms with Gasteiger partial charge in [0.05, 0.1) is 19.3 Å². The molecule has 3 heterocycles. The van der Waals surface area contributed by atoms with Gasteiger partial charge in [0.25, 0.3) is 11.8 Å². The van der Waals surface area contributed by atoms with Crippen molar-refractivity contribution in [1.29, 1.82) is 0 Å². The number of carbonyl (C=O) groups is 3. The summed E-state index contributed by atoms with van der Waals surface area (Å²) in [5.41, 5.74) is 0.739. The second-order valence-corrected chi connectivity index (χ2v) is 8.89. The van der Waals surface area contributed by atoms with Crippen LogP contribution in [0.15, 0.2) is 22.7 Å². The van der Waals surface area contributed by atoms with Crippen LogP contribution in [0.5, 0.6) is 0 Å². The van der Waals surface area contributed by atoms with Crippen molar-refractivity contribution < 1.29 is 28.3 Å². The van der Waals surface area contributed by atoms with Crippen molar-refractivity contribution in [2.24, 2.45) is 5.92 Å². The molecule has 1 aliphatic carbocycles. The molecule has 34 heavy (non-hydrogen) atoms. The van der Waals surface area contributed by atoms with E-state index < -0.39 is 29.9 Å². The van der Waals surface area contributed by atoms with Gasteiger partial charge in [-0.15, -0.1) is 0 Å². The molecule has 1 N–H and O–H groups in total. The summed E-state index contributed by atoms with van der Waals surface area (Å²) < 4.78 is 16.5. The molecule has 4 rings (SSSR count). The molecule has 0 aromatic carbocycles. The van der Waals surface area contributed by atoms with Crippen LogP contribution in [0, 0.1) is 5.92 Å². The summed E-state index contributed by atoms with van der Waals surface area (Å²) in [7, 11) is 0. The Morgan fingerprint density at radius 2 is 1.97 bits per heavy atom. The number of amides is 2. The monoisotopic (exact) mass is 472 g/mol. The van der Waals surface area contributed by atoms with Crippen LogP contribution in [0.3, 0.4) is 0 Å². The van der Waals surface area contributed by atoms with Gasteiger partial charge in [-0.3, -0.25) is 9.59 Å². The molecule has 2 atom stereocenters. The standard InChI is InChI=1S/C24H32N4O6/c1-2-17(20(29)23-27-21-18(33-23)9-6-10-25-21)26-22(30)19(15-16-7-4-3-5-8-16)34-24(31)28-11-13-32-14-12-28/h6,9-10,16-17,19H,2-5,7-8,11-15H2,1H3,(H,26,30)/t17-,19-/m1/s1. The van der Waals surface area contributed by atoms with Crippen LogP contribution in [0.1, 0.15) is 62.6 Å². The summed E-state index contributed by atoms with van der Waals surface area (Å²) >= 11 is 0. The minimum atomic E-state index is -0.967. The van der Waals surface area contributed by atoms with Gasteiger partial charge < -0.3 is 24.1 Å². The predicted octanol–water partition coefficient (Wildman–Crippen LogP) is 3.11. The fourth-order valence-electron chi connectivity index (χ4n) is 4.52. The molecule has 2 aromatic heterocycles. The quantitative estimate of drug-likeness (QED) is 0.581. The molecule has 0 bridgehead atoms. The Labute approximate surface area is 198 Å². The van der Waals surface area contributed by atoms with E-state index in [0.29, 0.717) is 56.3 Å². The fourth-order valence-corrected chi connectivity index (χ4v) is 4.52. The highest BCUT2D eigenvalue weighted by molar-refractivity contribution is 6.00. The summed E-state index contributed by atoms with van der Waals surface area (Å²) in [5.74, 6) is -0.706. The third-order valence-electron chi connectivity index (χ3n) is 6.49. The number of hydrogen-bond acceptors (Lipinski definition) is 8. The number of oxazole rings is 1. The molecule has 1 aliphatic heterocycles. The maximum atomic E-state index is 13.3. The van der Waals surface area contributed by atoms with E-state index in [9.17, 15) is 14.4 Å². The molecule has 10 nitrogen and oxygen atoms in total. The van der Waals surface area contributed by atoms with Gasteiger partial charge in [-0.25, -0.2) is 9.78 Å². The molecular weight excluding hydrogens is 440 g/mol. The number of aromatic nitrogens is 2. The topological polar surface area (TPSA) is 124 Å². The first-order valence-corrected chi connectivity index (χ1v) is 12.1. The van der Waals surface area contributed by atoms with Gasteiger partial charge in [0, 0.05) is 19.3 Å². The molecule has 1 saturated heterocycles. The highest BCUT2D eigenvalue weighted by Crippen LogP contribution is 2.28. The SMILES string of the molecule is CC[C@@H](NC(=O)[C@@H](CC1CCCCC1)OC(=O)N1CCOCC1)C(=O)c1nc2ncccc2o1. The number of fused-ring (bicyclic) bond motifs is 1. The van der Waals surface area contributed by atoms with Gasteiger partial charge in [0.1, 0.15) is 0 Å². The number of nitrogens with zero attached hydrogens (tertiary/aromatic N) is 3. The van der Waals surface area contributed by atoms with E-state index in [1.165, 1.54) is 6.42 Å². The second kappa shape index (κ2) is 11.4. The zero-order chi connectivity index (χ0) is 23.9. The van der Waals surface area contributed by atoms with Crippen molar-refractivity contribution in [2.45, 2.75) is 64.0 Å². The molecule has 2 aromatic rings. The Morgan fingerprint density at radius 1 is 1.21 bits per heavy atom. The summed E-state index contributed by atoms with van der Waals surface area (Å²) in [6.07, 6.45) is 6.27. The highest BCUT2D eigenvalue weighted by atomic mass is 16.6. The Balaban J connectivity index is 1.45. The average molecular weight is 473 g/mol. The van der Waals surface area contributed by atoms with E-state index in [1.807, 2.05) is 0 Å². The number of ether oxygens (including phenoxy) is 2. The minimum Gasteiger partial charge on any atom is -0.436 e. The normalized spacial score (nSPS) is 18.9. The Morgan fingerprint density at radius 3 is 2.68 bits per heavy atom. The molecule has 0 unspecified atom stereocenters. The molecule has 184 valence electrons. The van der Waals surface area contributed by atoms with Crippen molar-refractivity contribution in [3.05, 3.63) is 24.2 Å². The summed E-state index contributed by atoms with van der Waals surface area (Å²) in [4.78, 5) is 48.8. The summed E-state index contributed by atoms with van der Waals surface area (Å²) in [6, 6.07) is 2.52. The Bertz CT molecular complexity index is 963. The van der Waals surface area contributed by atoms with Crippen LogP contribution in [0.4, 0.5) is 4.79 Å². The van der Waals surface area contributed by atoms with Gasteiger partial charge >= 0.3 is 6.09 Å². The molecular formula is C24H32N4O6. The van der Waals surface area contributed by atoms with Crippen molar-refractivity contribution in [1.82, 2.24) is 20.2 Å². The van der Waals surface area contributed by atoms with Crippen LogP contribution in [0.2, 0.25) is 0 Å². The first kappa shape index (κ1) is 24.1. The third kappa shape index (κ3) is 5.91. The number of rotatable bonds is 8. The molecule has 10 heteroatoms. The summed E-state index contributed by atoms with van der Waals surface area (Å²) in [5, 5.41) is 2.78. The maximum absolute atomic E-state index is 13.3. The van der Waals surface area contributed by atoms with E-state index in [0.717, 1.165) is 25.7 Å². The van der Waals surface area contributed by atoms with Crippen LogP contribution in [-0.4, -0.2) is 71.1 Å². The number of ketones is 1. The molecule has 1 saturated carbocycles. The molecule has 2 fully saturated rings. The third-order valence-corrected chi connectivity index (χ3v) is 6.49. The lowest BCUT2D eigenvalue weighted by molar-refractivity contribution is -0.132. The lowest BCUT2D eigenvalue weighted by atomic mass is 9.85. The van der Waals surface area contributed by atoms with Gasteiger partial charge in [0.15, 0.2) is 17.3 Å². The smallest absolute Gasteiger partial charge is 0.410 e. The minimum absolute atomic E-state index is 0.102. The van der Waals surface area contributed by atoms with Crippen molar-refractivity contribution in [2.75, 3.05) is 26.3 Å². The number of nitrogens with one attached hydrogen (secondary N) is 1. The van der Waals surface area contributed by atoms with Gasteiger partial charge in [-0.2, -0.15) is 4.98 Å². The van der Waals surface area contributed by atoms with Gasteiger partial charge in [0.2, 0.25) is 5.78 Å². The van der Waals surface area contributed by atoms with E-state index in [2.05, 4.69) is 15.3 Å². The van der Waals surface area contributed by atoms with Crippen molar-refractivity contribution in [3.8, 4) is 0 Å². The fraction of sp³-hybridized carbons (Fsp3) is 0.625. The highest BCUT2D eigenvalue weighted by Gasteiger charge is 2.33. The first-order chi connectivity index (χ1) is 16.5. The molecule has 0 radical (unpaired) electrons. The Hall–Kier alpha value is -3.01. The van der Waals surface area contributed by atoms with Crippen LogP contribution >= 0.6 is 0 Å². The number of carbonyl (C=O) groups excluding carboxylic acids is 3. The molecule has 2 amide bonds. The second-order valence-electron chi connectivity index (χ2n) is 8.89. The van der Waals surface area contributed by atoms with Crippen LogP contribution in [-0.2, 0) is 14.3 Å². The van der Waals surface area contributed by atoms with E-state index in [4.69, 9.17) is 13.9 Å². The van der Waals surface area contributed by atoms with E-state index >= 15 is 0 Å². The first-order valence-electron chi connectivity index (χ1n) is 12.1. The van der Waals surface area contributed by atoms with Crippen molar-refractivity contribution in [3.63, 3.8) is 0 Å². The van der Waals surface area contributed by atoms with E-state index in [-0.39, 0.29) is 5.89 Å².